The summed E-state index contributed by atoms with van der Waals surface area (Å²) in [4.78, 5) is -0.217. The summed E-state index contributed by atoms with van der Waals surface area (Å²) < 4.78 is 48.5. The van der Waals surface area contributed by atoms with Crippen LogP contribution in [0.25, 0.3) is 16.9 Å². The molecule has 1 heterocycles. The van der Waals surface area contributed by atoms with Gasteiger partial charge in [0.1, 0.15) is 17.4 Å². The van der Waals surface area contributed by atoms with Crippen LogP contribution in [0.1, 0.15) is 0 Å². The number of aromatic nitrogens is 2. The molecule has 3 aromatic carbocycles. The van der Waals surface area contributed by atoms with Gasteiger partial charge in [-0.1, -0.05) is 29.3 Å². The molecule has 0 atom stereocenters. The second kappa shape index (κ2) is 8.82. The molecule has 32 heavy (non-hydrogen) atoms. The van der Waals surface area contributed by atoms with Crippen LogP contribution in [-0.4, -0.2) is 25.3 Å². The van der Waals surface area contributed by atoms with Crippen molar-refractivity contribution in [2.75, 3.05) is 11.8 Å². The van der Waals surface area contributed by atoms with E-state index in [2.05, 4.69) is 9.82 Å². The minimum absolute atomic E-state index is 0.137. The second-order valence-electron chi connectivity index (χ2n) is 6.72. The minimum Gasteiger partial charge on any atom is -0.497 e. The molecule has 10 heteroatoms. The summed E-state index contributed by atoms with van der Waals surface area (Å²) in [5.74, 6) is 0.146. The summed E-state index contributed by atoms with van der Waals surface area (Å²) in [6, 6.07) is 18.2. The first kappa shape index (κ1) is 22.1. The average Bonchev–Trinajstić information content (AvgIpc) is 3.18. The van der Waals surface area contributed by atoms with Crippen molar-refractivity contribution in [3.05, 3.63) is 88.7 Å². The van der Waals surface area contributed by atoms with Gasteiger partial charge >= 0.3 is 0 Å². The quantitative estimate of drug-likeness (QED) is 0.370. The predicted molar refractivity (Wildman–Crippen MR) is 123 cm³/mol. The van der Waals surface area contributed by atoms with E-state index in [9.17, 15) is 12.8 Å². The van der Waals surface area contributed by atoms with Crippen molar-refractivity contribution < 1.29 is 17.5 Å². The first-order valence-electron chi connectivity index (χ1n) is 9.25. The van der Waals surface area contributed by atoms with Crippen LogP contribution < -0.4 is 9.46 Å². The van der Waals surface area contributed by atoms with Crippen LogP contribution >= 0.6 is 23.2 Å². The Labute approximate surface area is 194 Å². The molecular formula is C22H16Cl2FN3O3S. The van der Waals surface area contributed by atoms with Gasteiger partial charge < -0.3 is 4.74 Å². The highest BCUT2D eigenvalue weighted by Crippen LogP contribution is 2.30. The van der Waals surface area contributed by atoms with Crippen LogP contribution in [-0.2, 0) is 10.0 Å². The Balaban J connectivity index is 1.81. The van der Waals surface area contributed by atoms with E-state index in [1.165, 1.54) is 22.9 Å². The van der Waals surface area contributed by atoms with Crippen molar-refractivity contribution in [2.45, 2.75) is 4.90 Å². The van der Waals surface area contributed by atoms with Crippen LogP contribution in [0.3, 0.4) is 0 Å². The molecule has 1 aromatic heterocycles. The number of benzene rings is 3. The van der Waals surface area contributed by atoms with Crippen LogP contribution in [0.4, 0.5) is 10.2 Å². The van der Waals surface area contributed by atoms with E-state index in [1.807, 2.05) is 0 Å². The number of hydrogen-bond acceptors (Lipinski definition) is 4. The maximum atomic E-state index is 13.6. The van der Waals surface area contributed by atoms with Crippen molar-refractivity contribution >= 4 is 39.0 Å². The van der Waals surface area contributed by atoms with Crippen molar-refractivity contribution in [1.29, 1.82) is 0 Å². The lowest BCUT2D eigenvalue weighted by Crippen LogP contribution is -2.16. The van der Waals surface area contributed by atoms with Crippen LogP contribution in [0.5, 0.6) is 5.75 Å². The van der Waals surface area contributed by atoms with Crippen molar-refractivity contribution in [1.82, 2.24) is 9.78 Å². The summed E-state index contributed by atoms with van der Waals surface area (Å²) in [5.41, 5.74) is 1.71. The zero-order valence-corrected chi connectivity index (χ0v) is 18.9. The van der Waals surface area contributed by atoms with Gasteiger partial charge in [0, 0.05) is 11.6 Å². The largest absolute Gasteiger partial charge is 0.497 e. The number of hydrogen-bond donors (Lipinski definition) is 1. The summed E-state index contributed by atoms with van der Waals surface area (Å²) in [6.45, 7) is 0. The molecule has 164 valence electrons. The number of anilines is 1. The molecule has 4 aromatic rings. The van der Waals surface area contributed by atoms with Gasteiger partial charge in [0.05, 0.1) is 33.4 Å². The van der Waals surface area contributed by atoms with E-state index < -0.39 is 15.8 Å². The summed E-state index contributed by atoms with van der Waals surface area (Å²) >= 11 is 12.2. The maximum absolute atomic E-state index is 13.6. The van der Waals surface area contributed by atoms with Gasteiger partial charge in [-0.2, -0.15) is 5.10 Å². The Kier molecular flexibility index (Phi) is 6.10. The van der Waals surface area contributed by atoms with E-state index in [1.54, 1.807) is 55.6 Å². The fourth-order valence-electron chi connectivity index (χ4n) is 3.00. The molecule has 0 unspecified atom stereocenters. The minimum atomic E-state index is -4.09. The van der Waals surface area contributed by atoms with Gasteiger partial charge in [-0.3, -0.25) is 4.72 Å². The van der Waals surface area contributed by atoms with Crippen LogP contribution in [0, 0.1) is 5.82 Å². The lowest BCUT2D eigenvalue weighted by atomic mass is 10.1. The number of sulfonamides is 1. The normalized spacial score (nSPS) is 11.4. The Morgan fingerprint density at radius 2 is 1.72 bits per heavy atom. The SMILES string of the molecule is COc1ccc(-c2cc(NS(=O)(=O)c3cccc(F)c3)n(-c3ccc(Cl)c(Cl)c3)n2)cc1. The van der Waals surface area contributed by atoms with Gasteiger partial charge in [0.25, 0.3) is 10.0 Å². The van der Waals surface area contributed by atoms with Crippen LogP contribution in [0.15, 0.2) is 77.7 Å². The highest BCUT2D eigenvalue weighted by atomic mass is 35.5. The molecule has 0 fully saturated rings. The molecule has 0 aliphatic rings. The molecule has 0 saturated carbocycles. The number of methoxy groups -OCH3 is 1. The van der Waals surface area contributed by atoms with Gasteiger partial charge in [-0.15, -0.1) is 0 Å². The maximum Gasteiger partial charge on any atom is 0.263 e. The number of rotatable bonds is 6. The summed E-state index contributed by atoms with van der Waals surface area (Å²) in [5, 5.41) is 5.17. The van der Waals surface area contributed by atoms with Gasteiger partial charge in [0.2, 0.25) is 0 Å². The second-order valence-corrected chi connectivity index (χ2v) is 9.21. The Morgan fingerprint density at radius 1 is 0.969 bits per heavy atom. The van der Waals surface area contributed by atoms with E-state index in [0.717, 1.165) is 11.6 Å². The van der Waals surface area contributed by atoms with Crippen LogP contribution in [0.2, 0.25) is 10.0 Å². The molecule has 0 amide bonds. The molecule has 0 aliphatic carbocycles. The standard InChI is InChI=1S/C22H16Cl2FN3O3S/c1-31-17-8-5-14(6-9-17)21-13-22(27-32(29,30)18-4-2-3-15(25)11-18)28(26-21)16-7-10-19(23)20(24)12-16/h2-13,27H,1H3. The first-order valence-corrected chi connectivity index (χ1v) is 11.5. The fraction of sp³-hybridized carbons (Fsp3) is 0.0455. The zero-order valence-electron chi connectivity index (χ0n) is 16.6. The van der Waals surface area contributed by atoms with Gasteiger partial charge in [-0.25, -0.2) is 17.5 Å². The molecule has 6 nitrogen and oxygen atoms in total. The monoisotopic (exact) mass is 491 g/mol. The molecule has 0 radical (unpaired) electrons. The lowest BCUT2D eigenvalue weighted by Gasteiger charge is -2.11. The third-order valence-electron chi connectivity index (χ3n) is 4.59. The summed E-state index contributed by atoms with van der Waals surface area (Å²) in [7, 11) is -2.53. The van der Waals surface area contributed by atoms with E-state index >= 15 is 0 Å². The molecule has 0 spiro atoms. The lowest BCUT2D eigenvalue weighted by molar-refractivity contribution is 0.415. The van der Waals surface area contributed by atoms with Gasteiger partial charge in [0.15, 0.2) is 0 Å². The van der Waals surface area contributed by atoms with E-state index in [-0.39, 0.29) is 15.7 Å². The van der Waals surface area contributed by atoms with Crippen molar-refractivity contribution in [3.8, 4) is 22.7 Å². The smallest absolute Gasteiger partial charge is 0.263 e. The molecule has 1 N–H and O–H groups in total. The first-order chi connectivity index (χ1) is 15.3. The molecule has 0 bridgehead atoms. The predicted octanol–water partition coefficient (Wildman–Crippen LogP) is 5.79. The highest BCUT2D eigenvalue weighted by molar-refractivity contribution is 7.92. The Bertz CT molecular complexity index is 1390. The highest BCUT2D eigenvalue weighted by Gasteiger charge is 2.20. The van der Waals surface area contributed by atoms with Crippen molar-refractivity contribution in [3.63, 3.8) is 0 Å². The van der Waals surface area contributed by atoms with E-state index in [0.29, 0.717) is 22.2 Å². The fourth-order valence-corrected chi connectivity index (χ4v) is 4.36. The zero-order chi connectivity index (χ0) is 22.9. The molecular weight excluding hydrogens is 476 g/mol. The molecule has 0 saturated heterocycles. The summed E-state index contributed by atoms with van der Waals surface area (Å²) in [6.07, 6.45) is 0. The number of halogens is 3. The third kappa shape index (κ3) is 4.57. The number of nitrogens with one attached hydrogen (secondary N) is 1. The number of nitrogens with zero attached hydrogens (tertiary/aromatic N) is 2. The van der Waals surface area contributed by atoms with Gasteiger partial charge in [-0.05, 0) is 60.7 Å². The molecule has 0 aliphatic heterocycles. The average molecular weight is 492 g/mol. The Hall–Kier alpha value is -3.07. The number of ether oxygens (including phenoxy) is 1. The molecule has 4 rings (SSSR count). The van der Waals surface area contributed by atoms with E-state index in [4.69, 9.17) is 27.9 Å². The topological polar surface area (TPSA) is 73.2 Å². The Morgan fingerprint density at radius 3 is 2.38 bits per heavy atom. The third-order valence-corrected chi connectivity index (χ3v) is 6.68. The van der Waals surface area contributed by atoms with Crippen molar-refractivity contribution in [2.24, 2.45) is 0 Å².